The Morgan fingerprint density at radius 1 is 1.33 bits per heavy atom. The summed E-state index contributed by atoms with van der Waals surface area (Å²) >= 11 is 0. The van der Waals surface area contributed by atoms with Gasteiger partial charge in [0.05, 0.1) is 5.92 Å². The molecule has 1 amide bonds. The number of rotatable bonds is 4. The molecule has 2 fully saturated rings. The minimum absolute atomic E-state index is 0.0923. The molecule has 1 saturated heterocycles. The van der Waals surface area contributed by atoms with Crippen LogP contribution in [0.2, 0.25) is 0 Å². The molecule has 0 aromatic carbocycles. The summed E-state index contributed by atoms with van der Waals surface area (Å²) in [6.45, 7) is 2.65. The Morgan fingerprint density at radius 2 is 2.15 bits per heavy atom. The monoisotopic (exact) mass is 369 g/mol. The second-order valence-corrected chi connectivity index (χ2v) is 8.08. The van der Waals surface area contributed by atoms with Crippen LogP contribution in [-0.2, 0) is 9.59 Å². The molecule has 0 bridgehead atoms. The van der Waals surface area contributed by atoms with Crippen molar-refractivity contribution in [2.45, 2.75) is 57.4 Å². The summed E-state index contributed by atoms with van der Waals surface area (Å²) in [6.07, 6.45) is 8.76. The highest BCUT2D eigenvalue weighted by molar-refractivity contribution is 5.83. The Balaban J connectivity index is 1.50. The maximum Gasteiger partial charge on any atom is 0.306 e. The van der Waals surface area contributed by atoms with Crippen LogP contribution < -0.4 is 0 Å². The molecule has 1 aliphatic heterocycles. The van der Waals surface area contributed by atoms with E-state index in [-0.39, 0.29) is 29.7 Å². The molecule has 0 radical (unpaired) electrons. The fourth-order valence-corrected chi connectivity index (χ4v) is 5.14. The number of aromatic nitrogens is 2. The average Bonchev–Trinajstić information content (AvgIpc) is 3.11. The van der Waals surface area contributed by atoms with Gasteiger partial charge >= 0.3 is 5.97 Å². The van der Waals surface area contributed by atoms with Crippen LogP contribution in [-0.4, -0.2) is 44.4 Å². The predicted octanol–water partition coefficient (Wildman–Crippen LogP) is 3.55. The standard InChI is InChI=1S/C21H27N3O3/c1-13(17-12-23-20-15(17)6-4-9-22-20)11-19(25)24-10-8-16(21(26)27)14-5-2-3-7-18(14)24/h4,6,9,12-14,16,18H,2-3,5,7-8,10-11H2,1H3,(H,22,23)(H,26,27). The number of carboxylic acids is 1. The molecule has 0 spiro atoms. The number of H-pyrrole nitrogens is 1. The van der Waals surface area contributed by atoms with Crippen molar-refractivity contribution in [2.24, 2.45) is 11.8 Å². The number of pyridine rings is 1. The molecule has 1 aliphatic carbocycles. The Kier molecular flexibility index (Phi) is 4.89. The highest BCUT2D eigenvalue weighted by Crippen LogP contribution is 2.40. The SMILES string of the molecule is CC(CC(=O)N1CCC(C(=O)O)C2CCCCC21)c1c[nH]c2ncccc12. The number of hydrogen-bond donors (Lipinski definition) is 2. The van der Waals surface area contributed by atoms with Gasteiger partial charge in [-0.3, -0.25) is 9.59 Å². The van der Waals surface area contributed by atoms with Crippen LogP contribution >= 0.6 is 0 Å². The Bertz CT molecular complexity index is 846. The molecule has 2 aromatic heterocycles. The number of carbonyl (C=O) groups excluding carboxylic acids is 1. The largest absolute Gasteiger partial charge is 0.481 e. The van der Waals surface area contributed by atoms with Gasteiger partial charge in [-0.05, 0) is 48.8 Å². The topological polar surface area (TPSA) is 86.3 Å². The van der Waals surface area contributed by atoms with Crippen molar-refractivity contribution in [3.63, 3.8) is 0 Å². The predicted molar refractivity (Wildman–Crippen MR) is 102 cm³/mol. The van der Waals surface area contributed by atoms with Gasteiger partial charge in [-0.25, -0.2) is 4.98 Å². The van der Waals surface area contributed by atoms with Gasteiger partial charge < -0.3 is 15.0 Å². The summed E-state index contributed by atoms with van der Waals surface area (Å²) in [6, 6.07) is 4.04. The zero-order chi connectivity index (χ0) is 19.0. The fraction of sp³-hybridized carbons (Fsp3) is 0.571. The highest BCUT2D eigenvalue weighted by Gasteiger charge is 2.44. The molecular weight excluding hydrogens is 342 g/mol. The van der Waals surface area contributed by atoms with Crippen LogP contribution in [0.5, 0.6) is 0 Å². The molecule has 3 heterocycles. The summed E-state index contributed by atoms with van der Waals surface area (Å²) in [5.41, 5.74) is 1.97. The Hall–Kier alpha value is -2.37. The number of amides is 1. The lowest BCUT2D eigenvalue weighted by Gasteiger charge is -2.47. The normalized spacial score (nSPS) is 26.6. The number of piperidine rings is 1. The third-order valence-electron chi connectivity index (χ3n) is 6.51. The second kappa shape index (κ2) is 7.33. The zero-order valence-corrected chi connectivity index (χ0v) is 15.7. The number of aromatic amines is 1. The lowest BCUT2D eigenvalue weighted by Crippen LogP contribution is -2.54. The van der Waals surface area contributed by atoms with Crippen LogP contribution in [0.25, 0.3) is 11.0 Å². The van der Waals surface area contributed by atoms with Crippen molar-refractivity contribution in [1.82, 2.24) is 14.9 Å². The Labute approximate surface area is 159 Å². The molecule has 6 heteroatoms. The average molecular weight is 369 g/mol. The lowest BCUT2D eigenvalue weighted by atomic mass is 9.71. The van der Waals surface area contributed by atoms with E-state index in [4.69, 9.17) is 0 Å². The summed E-state index contributed by atoms with van der Waals surface area (Å²) < 4.78 is 0. The maximum absolute atomic E-state index is 13.1. The van der Waals surface area contributed by atoms with Crippen molar-refractivity contribution in [1.29, 1.82) is 0 Å². The van der Waals surface area contributed by atoms with E-state index in [2.05, 4.69) is 16.9 Å². The van der Waals surface area contributed by atoms with Gasteiger partial charge in [-0.2, -0.15) is 0 Å². The van der Waals surface area contributed by atoms with E-state index in [1.807, 2.05) is 23.2 Å². The molecule has 2 N–H and O–H groups in total. The first-order valence-corrected chi connectivity index (χ1v) is 10.0. The number of likely N-dealkylation sites (tertiary alicyclic amines) is 1. The van der Waals surface area contributed by atoms with Gasteiger partial charge in [0.2, 0.25) is 5.91 Å². The summed E-state index contributed by atoms with van der Waals surface area (Å²) in [4.78, 5) is 34.3. The molecule has 144 valence electrons. The number of carboxylic acid groups (broad SMARTS) is 1. The number of fused-ring (bicyclic) bond motifs is 2. The van der Waals surface area contributed by atoms with Gasteiger partial charge in [-0.15, -0.1) is 0 Å². The van der Waals surface area contributed by atoms with Crippen molar-refractivity contribution in [3.05, 3.63) is 30.1 Å². The molecule has 1 saturated carbocycles. The highest BCUT2D eigenvalue weighted by atomic mass is 16.4. The fourth-order valence-electron chi connectivity index (χ4n) is 5.14. The van der Waals surface area contributed by atoms with Gasteiger partial charge in [0.1, 0.15) is 5.65 Å². The quantitative estimate of drug-likeness (QED) is 0.863. The van der Waals surface area contributed by atoms with E-state index in [1.165, 1.54) is 0 Å². The van der Waals surface area contributed by atoms with Gasteiger partial charge in [-0.1, -0.05) is 19.8 Å². The van der Waals surface area contributed by atoms with Crippen molar-refractivity contribution in [3.8, 4) is 0 Å². The number of aliphatic carboxylic acids is 1. The van der Waals surface area contributed by atoms with Crippen molar-refractivity contribution < 1.29 is 14.7 Å². The van der Waals surface area contributed by atoms with E-state index in [9.17, 15) is 14.7 Å². The van der Waals surface area contributed by atoms with Crippen molar-refractivity contribution in [2.75, 3.05) is 6.54 Å². The van der Waals surface area contributed by atoms with E-state index in [1.54, 1.807) is 6.20 Å². The molecule has 2 aliphatic rings. The zero-order valence-electron chi connectivity index (χ0n) is 15.7. The van der Waals surface area contributed by atoms with Crippen LogP contribution in [0.15, 0.2) is 24.5 Å². The number of hydrogen-bond acceptors (Lipinski definition) is 3. The summed E-state index contributed by atoms with van der Waals surface area (Å²) in [5.74, 6) is -0.632. The van der Waals surface area contributed by atoms with E-state index in [0.717, 1.165) is 42.3 Å². The summed E-state index contributed by atoms with van der Waals surface area (Å²) in [7, 11) is 0. The second-order valence-electron chi connectivity index (χ2n) is 8.08. The first-order valence-electron chi connectivity index (χ1n) is 10.0. The van der Waals surface area contributed by atoms with Gasteiger partial charge in [0.25, 0.3) is 0 Å². The number of carbonyl (C=O) groups is 2. The molecule has 4 unspecified atom stereocenters. The van der Waals surface area contributed by atoms with E-state index >= 15 is 0 Å². The molecular formula is C21H27N3O3. The molecule has 6 nitrogen and oxygen atoms in total. The third-order valence-corrected chi connectivity index (χ3v) is 6.51. The molecule has 4 rings (SSSR count). The van der Waals surface area contributed by atoms with E-state index < -0.39 is 5.97 Å². The van der Waals surface area contributed by atoms with Gasteiger partial charge in [0, 0.05) is 36.8 Å². The Morgan fingerprint density at radius 3 is 2.96 bits per heavy atom. The maximum atomic E-state index is 13.1. The smallest absolute Gasteiger partial charge is 0.306 e. The van der Waals surface area contributed by atoms with E-state index in [0.29, 0.717) is 19.4 Å². The summed E-state index contributed by atoms with van der Waals surface area (Å²) in [5, 5.41) is 10.6. The van der Waals surface area contributed by atoms with Crippen LogP contribution in [0.3, 0.4) is 0 Å². The van der Waals surface area contributed by atoms with Crippen molar-refractivity contribution >= 4 is 22.9 Å². The van der Waals surface area contributed by atoms with Gasteiger partial charge in [0.15, 0.2) is 0 Å². The minimum Gasteiger partial charge on any atom is -0.481 e. The van der Waals surface area contributed by atoms with Crippen LogP contribution in [0.4, 0.5) is 0 Å². The molecule has 27 heavy (non-hydrogen) atoms. The molecule has 2 aromatic rings. The molecule has 4 atom stereocenters. The number of nitrogens with one attached hydrogen (secondary N) is 1. The minimum atomic E-state index is -0.696. The number of nitrogens with zero attached hydrogens (tertiary/aromatic N) is 2. The first kappa shape index (κ1) is 18.0. The first-order chi connectivity index (χ1) is 13.1. The van der Waals surface area contributed by atoms with Crippen LogP contribution in [0, 0.1) is 11.8 Å². The van der Waals surface area contributed by atoms with Crippen LogP contribution in [0.1, 0.15) is 56.9 Å². The lowest BCUT2D eigenvalue weighted by molar-refractivity contribution is -0.153. The third kappa shape index (κ3) is 3.33.